The lowest BCUT2D eigenvalue weighted by atomic mass is 10.00. The minimum atomic E-state index is -1.57. The molecule has 10 N–H and O–H groups in total. The summed E-state index contributed by atoms with van der Waals surface area (Å²) in [6, 6.07) is 0. The lowest BCUT2D eigenvalue weighted by Gasteiger charge is -2.37. The molecule has 2 saturated heterocycles. The number of hydrogen-bond acceptors (Lipinski definition) is 12. The highest BCUT2D eigenvalue weighted by Gasteiger charge is 2.43. The van der Waals surface area contributed by atoms with E-state index in [4.69, 9.17) is 51.1 Å². The van der Waals surface area contributed by atoms with Crippen LogP contribution in [0.1, 0.15) is 0 Å². The first kappa shape index (κ1) is 21.6. The largest absolute Gasteiger partial charge is 0.394 e. The fourth-order valence-electron chi connectivity index (χ4n) is 2.16. The Labute approximate surface area is 136 Å². The van der Waals surface area contributed by atoms with Gasteiger partial charge in [0.15, 0.2) is 12.6 Å². The summed E-state index contributed by atoms with van der Waals surface area (Å²) in [6.45, 7) is -1.05. The van der Waals surface area contributed by atoms with Crippen LogP contribution in [0.4, 0.5) is 0 Å². The zero-order valence-electron chi connectivity index (χ0n) is 12.5. The Bertz CT molecular complexity index is 326. The van der Waals surface area contributed by atoms with Gasteiger partial charge in [0.05, 0.1) is 13.2 Å². The van der Waals surface area contributed by atoms with Gasteiger partial charge < -0.3 is 60.5 Å². The summed E-state index contributed by atoms with van der Waals surface area (Å²) in [7, 11) is 0. The monoisotopic (exact) mass is 360 g/mol. The Hall–Kier alpha value is -0.480. The molecule has 2 rings (SSSR count). The third-order valence-corrected chi connectivity index (χ3v) is 3.73. The second-order valence-electron chi connectivity index (χ2n) is 5.44. The van der Waals surface area contributed by atoms with Crippen molar-refractivity contribution in [1.82, 2.24) is 0 Å². The average molecular weight is 360 g/mol. The molecule has 2 aliphatic rings. The highest BCUT2D eigenvalue weighted by molar-refractivity contribution is 4.88. The molecule has 2 fully saturated rings. The van der Waals surface area contributed by atoms with Crippen molar-refractivity contribution in [2.45, 2.75) is 61.4 Å². The van der Waals surface area contributed by atoms with E-state index in [1.54, 1.807) is 0 Å². The standard InChI is InChI=1S/2C6H12O6/c2*7-1-2-3(8)4(9)5(10)6(11)12-2/h2*2-11H,1H2/t2-,3+,4+,5-,6?;2-,3-,4+,5+,6+/m11/s1. The van der Waals surface area contributed by atoms with E-state index in [1.165, 1.54) is 0 Å². The third kappa shape index (κ3) is 4.78. The molecule has 10 atom stereocenters. The van der Waals surface area contributed by atoms with Gasteiger partial charge in [-0.2, -0.15) is 0 Å². The summed E-state index contributed by atoms with van der Waals surface area (Å²) in [5.41, 5.74) is 0. The van der Waals surface area contributed by atoms with Crippen molar-refractivity contribution < 1.29 is 60.5 Å². The van der Waals surface area contributed by atoms with Crippen LogP contribution < -0.4 is 0 Å². The maximum absolute atomic E-state index is 9.12. The van der Waals surface area contributed by atoms with Crippen LogP contribution in [0.15, 0.2) is 0 Å². The quantitative estimate of drug-likeness (QED) is 0.222. The van der Waals surface area contributed by atoms with Crippen LogP contribution in [-0.4, -0.2) is 126 Å². The summed E-state index contributed by atoms with van der Waals surface area (Å²) in [4.78, 5) is 0. The molecule has 0 amide bonds. The van der Waals surface area contributed by atoms with Gasteiger partial charge in [0.25, 0.3) is 0 Å². The van der Waals surface area contributed by atoms with Gasteiger partial charge in [-0.3, -0.25) is 0 Å². The van der Waals surface area contributed by atoms with Crippen LogP contribution in [0.3, 0.4) is 0 Å². The number of aliphatic hydroxyl groups is 10. The lowest BCUT2D eigenvalue weighted by molar-refractivity contribution is -0.286. The van der Waals surface area contributed by atoms with Crippen LogP contribution in [0.5, 0.6) is 0 Å². The average Bonchev–Trinajstić information content (AvgIpc) is 2.58. The minimum Gasteiger partial charge on any atom is -0.394 e. The van der Waals surface area contributed by atoms with E-state index in [2.05, 4.69) is 9.47 Å². The van der Waals surface area contributed by atoms with E-state index in [1.807, 2.05) is 0 Å². The fraction of sp³-hybridized carbons (Fsp3) is 1.00. The maximum atomic E-state index is 9.12. The molecular formula is C12H24O12. The highest BCUT2D eigenvalue weighted by atomic mass is 16.6. The van der Waals surface area contributed by atoms with Gasteiger partial charge in [-0.25, -0.2) is 0 Å². The Morgan fingerprint density at radius 3 is 1.00 bits per heavy atom. The second-order valence-corrected chi connectivity index (χ2v) is 5.44. The molecule has 12 heteroatoms. The van der Waals surface area contributed by atoms with Gasteiger partial charge in [0, 0.05) is 0 Å². The van der Waals surface area contributed by atoms with Crippen LogP contribution in [0, 0.1) is 0 Å². The van der Waals surface area contributed by atoms with E-state index in [-0.39, 0.29) is 0 Å². The van der Waals surface area contributed by atoms with Gasteiger partial charge in [0.2, 0.25) is 0 Å². The van der Waals surface area contributed by atoms with Crippen LogP contribution >= 0.6 is 0 Å². The SMILES string of the molecule is OC[C@H]1OC(O)[C@H](O)[C@@H](O)[C@H]1O.OC[C@H]1O[C@H](O)[C@@H](O)[C@@H](O)[C@@H]1O. The van der Waals surface area contributed by atoms with Crippen molar-refractivity contribution in [2.75, 3.05) is 13.2 Å². The van der Waals surface area contributed by atoms with Crippen molar-refractivity contribution in [2.24, 2.45) is 0 Å². The number of rotatable bonds is 2. The zero-order valence-corrected chi connectivity index (χ0v) is 12.5. The smallest absolute Gasteiger partial charge is 0.184 e. The molecule has 12 nitrogen and oxygen atoms in total. The van der Waals surface area contributed by atoms with Gasteiger partial charge >= 0.3 is 0 Å². The van der Waals surface area contributed by atoms with Gasteiger partial charge in [0.1, 0.15) is 48.8 Å². The molecule has 144 valence electrons. The molecule has 2 aliphatic heterocycles. The van der Waals surface area contributed by atoms with Crippen molar-refractivity contribution >= 4 is 0 Å². The highest BCUT2D eigenvalue weighted by Crippen LogP contribution is 2.19. The summed E-state index contributed by atoms with van der Waals surface area (Å²) in [5, 5.41) is 89.3. The number of aliphatic hydroxyl groups excluding tert-OH is 10. The Kier molecular flexibility index (Phi) is 8.34. The van der Waals surface area contributed by atoms with Gasteiger partial charge in [-0.1, -0.05) is 0 Å². The fourth-order valence-corrected chi connectivity index (χ4v) is 2.16. The summed E-state index contributed by atoms with van der Waals surface area (Å²) in [6.07, 6.45) is -14.1. The number of hydrogen-bond donors (Lipinski definition) is 10. The van der Waals surface area contributed by atoms with E-state index < -0.39 is 74.6 Å². The first-order valence-electron chi connectivity index (χ1n) is 7.12. The Balaban J connectivity index is 0.000000240. The van der Waals surface area contributed by atoms with Crippen molar-refractivity contribution in [3.05, 3.63) is 0 Å². The molecule has 2 heterocycles. The van der Waals surface area contributed by atoms with Crippen LogP contribution in [0.25, 0.3) is 0 Å². The third-order valence-electron chi connectivity index (χ3n) is 3.73. The van der Waals surface area contributed by atoms with Crippen molar-refractivity contribution in [3.63, 3.8) is 0 Å². The maximum Gasteiger partial charge on any atom is 0.184 e. The van der Waals surface area contributed by atoms with Crippen LogP contribution in [0.2, 0.25) is 0 Å². The Morgan fingerprint density at radius 1 is 0.458 bits per heavy atom. The normalized spacial score (nSPS) is 49.2. The molecule has 0 aliphatic carbocycles. The van der Waals surface area contributed by atoms with Crippen molar-refractivity contribution in [3.8, 4) is 0 Å². The predicted octanol–water partition coefficient (Wildman–Crippen LogP) is -6.44. The van der Waals surface area contributed by atoms with Gasteiger partial charge in [-0.15, -0.1) is 0 Å². The van der Waals surface area contributed by atoms with E-state index >= 15 is 0 Å². The molecule has 24 heavy (non-hydrogen) atoms. The molecule has 0 aromatic carbocycles. The summed E-state index contributed by atoms with van der Waals surface area (Å²) in [5.74, 6) is 0. The second kappa shape index (κ2) is 9.28. The number of ether oxygens (including phenoxy) is 2. The van der Waals surface area contributed by atoms with E-state index in [0.717, 1.165) is 0 Å². The molecule has 1 unspecified atom stereocenters. The Morgan fingerprint density at radius 2 is 0.750 bits per heavy atom. The molecule has 0 spiro atoms. The molecule has 0 aromatic heterocycles. The minimum absolute atomic E-state index is 0.526. The van der Waals surface area contributed by atoms with Crippen molar-refractivity contribution in [1.29, 1.82) is 0 Å². The molecule has 0 radical (unpaired) electrons. The molecule has 0 saturated carbocycles. The van der Waals surface area contributed by atoms with E-state index in [9.17, 15) is 0 Å². The van der Waals surface area contributed by atoms with Gasteiger partial charge in [-0.05, 0) is 0 Å². The molecule has 0 aromatic rings. The molecule has 0 bridgehead atoms. The predicted molar refractivity (Wildman–Crippen MR) is 72.0 cm³/mol. The summed E-state index contributed by atoms with van der Waals surface area (Å²) < 4.78 is 9.15. The first-order valence-corrected chi connectivity index (χ1v) is 7.12. The zero-order chi connectivity index (χ0) is 18.6. The topological polar surface area (TPSA) is 221 Å². The molecular weight excluding hydrogens is 336 g/mol. The lowest BCUT2D eigenvalue weighted by Crippen LogP contribution is -2.58. The van der Waals surface area contributed by atoms with Crippen LogP contribution in [-0.2, 0) is 9.47 Å². The first-order chi connectivity index (χ1) is 11.1. The van der Waals surface area contributed by atoms with E-state index in [0.29, 0.717) is 0 Å². The summed E-state index contributed by atoms with van der Waals surface area (Å²) >= 11 is 0.